The van der Waals surface area contributed by atoms with E-state index < -0.39 is 0 Å². The number of nitrogens with zero attached hydrogens (tertiary/aromatic N) is 1. The number of carbonyl (C=O) groups excluding carboxylic acids is 1. The van der Waals surface area contributed by atoms with E-state index in [0.29, 0.717) is 17.3 Å². The summed E-state index contributed by atoms with van der Waals surface area (Å²) in [5, 5.41) is 4.62. The van der Waals surface area contributed by atoms with Crippen molar-refractivity contribution in [2.45, 2.75) is 19.4 Å². The summed E-state index contributed by atoms with van der Waals surface area (Å²) in [6, 6.07) is 15.6. The number of rotatable bonds is 4. The van der Waals surface area contributed by atoms with Crippen LogP contribution in [-0.2, 0) is 6.42 Å². The molecule has 1 amide bonds. The Morgan fingerprint density at radius 1 is 1.27 bits per heavy atom. The SMILES string of the molecule is Cc1c(C(=O)NC[C@H]2Cc3cccc(-c4cccnc4)c3O2)[nH]c2ccc(Cl)cc12. The molecule has 150 valence electrons. The van der Waals surface area contributed by atoms with Crippen LogP contribution in [-0.4, -0.2) is 28.5 Å². The summed E-state index contributed by atoms with van der Waals surface area (Å²) in [6.07, 6.45) is 4.23. The van der Waals surface area contributed by atoms with Gasteiger partial charge in [0.2, 0.25) is 0 Å². The van der Waals surface area contributed by atoms with Crippen molar-refractivity contribution in [1.82, 2.24) is 15.3 Å². The van der Waals surface area contributed by atoms with Gasteiger partial charge in [-0.1, -0.05) is 35.9 Å². The molecule has 0 radical (unpaired) electrons. The van der Waals surface area contributed by atoms with Crippen LogP contribution in [0.15, 0.2) is 60.9 Å². The first-order valence-corrected chi connectivity index (χ1v) is 10.2. The fourth-order valence-corrected chi connectivity index (χ4v) is 4.19. The molecule has 0 fully saturated rings. The molecule has 2 aromatic carbocycles. The second-order valence-corrected chi connectivity index (χ2v) is 7.94. The Morgan fingerprint density at radius 3 is 3.00 bits per heavy atom. The third-order valence-corrected chi connectivity index (χ3v) is 5.77. The molecule has 1 atom stereocenters. The van der Waals surface area contributed by atoms with Gasteiger partial charge in [-0.05, 0) is 42.3 Å². The molecule has 0 bridgehead atoms. The lowest BCUT2D eigenvalue weighted by atomic mass is 10.0. The van der Waals surface area contributed by atoms with E-state index in [4.69, 9.17) is 16.3 Å². The quantitative estimate of drug-likeness (QED) is 0.495. The molecule has 1 aliphatic heterocycles. The zero-order valence-corrected chi connectivity index (χ0v) is 17.2. The number of aromatic nitrogens is 2. The molecule has 2 aromatic heterocycles. The van der Waals surface area contributed by atoms with Gasteiger partial charge in [-0.2, -0.15) is 0 Å². The summed E-state index contributed by atoms with van der Waals surface area (Å²) >= 11 is 6.09. The normalized spacial score (nSPS) is 15.1. The smallest absolute Gasteiger partial charge is 0.268 e. The van der Waals surface area contributed by atoms with Crippen LogP contribution in [0.3, 0.4) is 0 Å². The zero-order valence-electron chi connectivity index (χ0n) is 16.4. The monoisotopic (exact) mass is 417 g/mol. The Bertz CT molecular complexity index is 1250. The highest BCUT2D eigenvalue weighted by Gasteiger charge is 2.26. The molecule has 5 nitrogen and oxygen atoms in total. The van der Waals surface area contributed by atoms with Crippen LogP contribution in [0.5, 0.6) is 5.75 Å². The molecule has 6 heteroatoms. The first-order chi connectivity index (χ1) is 14.6. The highest BCUT2D eigenvalue weighted by atomic mass is 35.5. The van der Waals surface area contributed by atoms with Crippen molar-refractivity contribution in [3.8, 4) is 16.9 Å². The van der Waals surface area contributed by atoms with E-state index in [1.54, 1.807) is 6.20 Å². The zero-order chi connectivity index (χ0) is 20.7. The molecule has 4 aromatic rings. The maximum Gasteiger partial charge on any atom is 0.268 e. The van der Waals surface area contributed by atoms with Gasteiger partial charge in [0.25, 0.3) is 5.91 Å². The largest absolute Gasteiger partial charge is 0.487 e. The van der Waals surface area contributed by atoms with Crippen LogP contribution in [0.2, 0.25) is 5.02 Å². The van der Waals surface area contributed by atoms with Gasteiger partial charge in [-0.25, -0.2) is 0 Å². The summed E-state index contributed by atoms with van der Waals surface area (Å²) in [7, 11) is 0. The molecule has 0 aliphatic carbocycles. The molecule has 2 N–H and O–H groups in total. The minimum absolute atomic E-state index is 0.110. The second-order valence-electron chi connectivity index (χ2n) is 7.50. The van der Waals surface area contributed by atoms with Crippen LogP contribution in [0.4, 0.5) is 0 Å². The summed E-state index contributed by atoms with van der Waals surface area (Å²) < 4.78 is 6.21. The van der Waals surface area contributed by atoms with Gasteiger partial charge in [0.15, 0.2) is 0 Å². The Labute approximate surface area is 179 Å². The molecular formula is C24H20ClN3O2. The van der Waals surface area contributed by atoms with Crippen molar-refractivity contribution in [2.75, 3.05) is 6.54 Å². The number of fused-ring (bicyclic) bond motifs is 2. The fraction of sp³-hybridized carbons (Fsp3) is 0.167. The number of hydrogen-bond donors (Lipinski definition) is 2. The topological polar surface area (TPSA) is 67.0 Å². The maximum atomic E-state index is 12.8. The van der Waals surface area contributed by atoms with Crippen molar-refractivity contribution in [2.24, 2.45) is 0 Å². The van der Waals surface area contributed by atoms with E-state index in [9.17, 15) is 4.79 Å². The molecular weight excluding hydrogens is 398 g/mol. The Balaban J connectivity index is 1.31. The number of para-hydroxylation sites is 1. The average Bonchev–Trinajstić information content (AvgIpc) is 3.33. The van der Waals surface area contributed by atoms with Crippen LogP contribution in [0.25, 0.3) is 22.0 Å². The summed E-state index contributed by atoms with van der Waals surface area (Å²) in [6.45, 7) is 2.35. The van der Waals surface area contributed by atoms with Gasteiger partial charge in [-0.3, -0.25) is 9.78 Å². The predicted molar refractivity (Wildman–Crippen MR) is 118 cm³/mol. The number of benzene rings is 2. The van der Waals surface area contributed by atoms with Gasteiger partial charge >= 0.3 is 0 Å². The standard InChI is InChI=1S/C24H20ClN3O2/c1-14-20-11-17(25)7-8-21(20)28-22(14)24(29)27-13-18-10-15-4-2-6-19(23(15)30-18)16-5-3-9-26-12-16/h2-9,11-12,18,28H,10,13H2,1H3,(H,27,29)/t18-/m1/s1. The van der Waals surface area contributed by atoms with Crippen LogP contribution < -0.4 is 10.1 Å². The number of amides is 1. The molecule has 5 rings (SSSR count). The van der Waals surface area contributed by atoms with Crippen molar-refractivity contribution in [1.29, 1.82) is 0 Å². The number of halogens is 1. The lowest BCUT2D eigenvalue weighted by Crippen LogP contribution is -2.34. The molecule has 0 spiro atoms. The van der Waals surface area contributed by atoms with Gasteiger partial charge < -0.3 is 15.0 Å². The number of aryl methyl sites for hydroxylation is 1. The summed E-state index contributed by atoms with van der Waals surface area (Å²) in [4.78, 5) is 20.2. The number of ether oxygens (including phenoxy) is 1. The fourth-order valence-electron chi connectivity index (χ4n) is 4.02. The molecule has 0 saturated carbocycles. The van der Waals surface area contributed by atoms with Crippen molar-refractivity contribution in [3.05, 3.63) is 82.8 Å². The lowest BCUT2D eigenvalue weighted by Gasteiger charge is -2.13. The second kappa shape index (κ2) is 7.50. The molecule has 1 aliphatic rings. The van der Waals surface area contributed by atoms with Crippen LogP contribution >= 0.6 is 11.6 Å². The summed E-state index contributed by atoms with van der Waals surface area (Å²) in [5.41, 5.74) is 5.53. The van der Waals surface area contributed by atoms with Crippen molar-refractivity contribution >= 4 is 28.4 Å². The number of nitrogens with one attached hydrogen (secondary N) is 2. The maximum absolute atomic E-state index is 12.8. The average molecular weight is 418 g/mol. The van der Waals surface area contributed by atoms with Gasteiger partial charge in [-0.15, -0.1) is 0 Å². The number of aromatic amines is 1. The number of H-pyrrole nitrogens is 1. The third kappa shape index (κ3) is 3.31. The van der Waals surface area contributed by atoms with Gasteiger partial charge in [0.1, 0.15) is 17.5 Å². The number of carbonyl (C=O) groups is 1. The van der Waals surface area contributed by atoms with E-state index in [1.165, 1.54) is 0 Å². The molecule has 0 saturated heterocycles. The lowest BCUT2D eigenvalue weighted by molar-refractivity contribution is 0.0929. The van der Waals surface area contributed by atoms with Crippen molar-refractivity contribution in [3.63, 3.8) is 0 Å². The Hall–Kier alpha value is -3.31. The minimum atomic E-state index is -0.146. The Morgan fingerprint density at radius 2 is 2.17 bits per heavy atom. The first kappa shape index (κ1) is 18.7. The molecule has 0 unspecified atom stereocenters. The van der Waals surface area contributed by atoms with E-state index in [2.05, 4.69) is 21.4 Å². The minimum Gasteiger partial charge on any atom is -0.487 e. The van der Waals surface area contributed by atoms with E-state index >= 15 is 0 Å². The molecule has 30 heavy (non-hydrogen) atoms. The van der Waals surface area contributed by atoms with Crippen LogP contribution in [0, 0.1) is 6.92 Å². The number of pyridine rings is 1. The van der Waals surface area contributed by atoms with E-state index in [1.807, 2.05) is 55.6 Å². The highest BCUT2D eigenvalue weighted by Crippen LogP contribution is 2.38. The van der Waals surface area contributed by atoms with Gasteiger partial charge in [0.05, 0.1) is 6.54 Å². The summed E-state index contributed by atoms with van der Waals surface area (Å²) in [5.74, 6) is 0.730. The van der Waals surface area contributed by atoms with E-state index in [-0.39, 0.29) is 12.0 Å². The Kier molecular flexibility index (Phi) is 4.68. The van der Waals surface area contributed by atoms with Crippen molar-refractivity contribution < 1.29 is 9.53 Å². The first-order valence-electron chi connectivity index (χ1n) is 9.85. The predicted octanol–water partition coefficient (Wildman–Crippen LogP) is 4.93. The molecule has 3 heterocycles. The third-order valence-electron chi connectivity index (χ3n) is 5.54. The van der Waals surface area contributed by atoms with Gasteiger partial charge in [0, 0.05) is 45.9 Å². The number of hydrogen-bond acceptors (Lipinski definition) is 3. The van der Waals surface area contributed by atoms with Crippen LogP contribution in [0.1, 0.15) is 21.6 Å². The highest BCUT2D eigenvalue weighted by molar-refractivity contribution is 6.31. The van der Waals surface area contributed by atoms with E-state index in [0.717, 1.165) is 45.3 Å².